The van der Waals surface area contributed by atoms with Gasteiger partial charge >= 0.3 is 5.97 Å². The van der Waals surface area contributed by atoms with Crippen molar-refractivity contribution in [1.82, 2.24) is 9.97 Å². The number of nitrogen functional groups attached to an aromatic ring is 1. The van der Waals surface area contributed by atoms with Gasteiger partial charge in [-0.05, 0) is 22.9 Å². The van der Waals surface area contributed by atoms with Gasteiger partial charge in [-0.25, -0.2) is 4.98 Å². The lowest BCUT2D eigenvalue weighted by Crippen LogP contribution is -2.31. The average molecular weight is 289 g/mol. The summed E-state index contributed by atoms with van der Waals surface area (Å²) >= 11 is 3.22. The van der Waals surface area contributed by atoms with Crippen LogP contribution in [0.4, 0.5) is 11.8 Å². The summed E-state index contributed by atoms with van der Waals surface area (Å²) in [6.07, 6.45) is 0. The Balaban J connectivity index is 2.90. The van der Waals surface area contributed by atoms with E-state index in [9.17, 15) is 4.79 Å². The molecule has 0 spiro atoms. The summed E-state index contributed by atoms with van der Waals surface area (Å²) in [5, 5.41) is 0. The van der Waals surface area contributed by atoms with E-state index in [0.29, 0.717) is 22.9 Å². The molecular formula is C9H13BrN4O2. The zero-order valence-electron chi connectivity index (χ0n) is 9.11. The molecule has 0 aromatic carbocycles. The number of likely N-dealkylation sites (N-methyl/N-ethyl adjacent to an activating group) is 1. The van der Waals surface area contributed by atoms with Gasteiger partial charge in [0.2, 0.25) is 5.95 Å². The third-order valence-corrected chi connectivity index (χ3v) is 2.32. The summed E-state index contributed by atoms with van der Waals surface area (Å²) in [7, 11) is 1.34. The van der Waals surface area contributed by atoms with Gasteiger partial charge in [0.15, 0.2) is 0 Å². The second-order valence-electron chi connectivity index (χ2n) is 3.01. The maximum atomic E-state index is 11.2. The van der Waals surface area contributed by atoms with Gasteiger partial charge < -0.3 is 15.4 Å². The number of aromatic nitrogens is 2. The van der Waals surface area contributed by atoms with Crippen LogP contribution < -0.4 is 10.6 Å². The van der Waals surface area contributed by atoms with Crippen molar-refractivity contribution >= 4 is 33.7 Å². The molecule has 0 saturated carbocycles. The first-order valence-corrected chi connectivity index (χ1v) is 5.48. The Morgan fingerprint density at radius 1 is 1.62 bits per heavy atom. The molecular weight excluding hydrogens is 276 g/mol. The van der Waals surface area contributed by atoms with Crippen molar-refractivity contribution in [3.63, 3.8) is 0 Å². The van der Waals surface area contributed by atoms with Gasteiger partial charge in [0.1, 0.15) is 17.0 Å². The number of ether oxygens (including phenoxy) is 1. The van der Waals surface area contributed by atoms with Gasteiger partial charge in [-0.1, -0.05) is 0 Å². The second-order valence-corrected chi connectivity index (χ2v) is 3.82. The van der Waals surface area contributed by atoms with Gasteiger partial charge in [0.25, 0.3) is 0 Å². The summed E-state index contributed by atoms with van der Waals surface area (Å²) < 4.78 is 5.17. The largest absolute Gasteiger partial charge is 0.468 e. The predicted molar refractivity (Wildman–Crippen MR) is 64.0 cm³/mol. The van der Waals surface area contributed by atoms with Crippen molar-refractivity contribution in [2.75, 3.05) is 30.8 Å². The zero-order chi connectivity index (χ0) is 12.1. The van der Waals surface area contributed by atoms with Gasteiger partial charge in [-0.3, -0.25) is 4.79 Å². The first-order chi connectivity index (χ1) is 7.56. The van der Waals surface area contributed by atoms with E-state index < -0.39 is 0 Å². The molecule has 7 heteroatoms. The fourth-order valence-electron chi connectivity index (χ4n) is 1.11. The van der Waals surface area contributed by atoms with Crippen LogP contribution in [0, 0.1) is 0 Å². The van der Waals surface area contributed by atoms with Crippen LogP contribution >= 0.6 is 15.9 Å². The van der Waals surface area contributed by atoms with Crippen LogP contribution in [0.3, 0.4) is 0 Å². The van der Waals surface area contributed by atoms with E-state index in [-0.39, 0.29) is 12.5 Å². The maximum Gasteiger partial charge on any atom is 0.325 e. The van der Waals surface area contributed by atoms with Crippen LogP contribution in [0.2, 0.25) is 0 Å². The highest BCUT2D eigenvalue weighted by atomic mass is 79.9. The smallest absolute Gasteiger partial charge is 0.325 e. The number of halogens is 1. The molecule has 0 aliphatic heterocycles. The Morgan fingerprint density at radius 3 is 2.81 bits per heavy atom. The van der Waals surface area contributed by atoms with E-state index in [1.807, 2.05) is 6.92 Å². The summed E-state index contributed by atoms with van der Waals surface area (Å²) in [4.78, 5) is 21.0. The molecule has 0 bridgehead atoms. The van der Waals surface area contributed by atoms with Crippen molar-refractivity contribution in [1.29, 1.82) is 0 Å². The van der Waals surface area contributed by atoms with Crippen molar-refractivity contribution in [2.24, 2.45) is 0 Å². The standard InChI is InChI=1S/C9H13BrN4O2/c1-3-14(5-8(15)16-2)9-12-6(10)4-7(11)13-9/h4H,3,5H2,1-2H3,(H2,11,12,13). The molecule has 1 aromatic rings. The number of nitrogens with zero attached hydrogens (tertiary/aromatic N) is 3. The van der Waals surface area contributed by atoms with Crippen molar-refractivity contribution in [3.05, 3.63) is 10.7 Å². The summed E-state index contributed by atoms with van der Waals surface area (Å²) in [5.74, 6) is 0.406. The first kappa shape index (κ1) is 12.7. The van der Waals surface area contributed by atoms with Gasteiger partial charge in [-0.15, -0.1) is 0 Å². The van der Waals surface area contributed by atoms with E-state index in [4.69, 9.17) is 5.73 Å². The third kappa shape index (κ3) is 3.34. The van der Waals surface area contributed by atoms with Crippen LogP contribution in [-0.2, 0) is 9.53 Å². The molecule has 0 atom stereocenters. The number of anilines is 2. The highest BCUT2D eigenvalue weighted by Gasteiger charge is 2.13. The molecule has 16 heavy (non-hydrogen) atoms. The van der Waals surface area contributed by atoms with Crippen LogP contribution in [0.15, 0.2) is 10.7 Å². The number of carbonyl (C=O) groups excluding carboxylic acids is 1. The predicted octanol–water partition coefficient (Wildman–Crippen LogP) is 0.821. The third-order valence-electron chi connectivity index (χ3n) is 1.92. The first-order valence-electron chi connectivity index (χ1n) is 4.68. The number of nitrogens with two attached hydrogens (primary N) is 1. The molecule has 0 saturated heterocycles. The molecule has 1 rings (SSSR count). The van der Waals surface area contributed by atoms with Crippen LogP contribution in [0.25, 0.3) is 0 Å². The van der Waals surface area contributed by atoms with E-state index in [1.54, 1.807) is 11.0 Å². The monoisotopic (exact) mass is 288 g/mol. The summed E-state index contributed by atoms with van der Waals surface area (Å²) in [6.45, 7) is 2.58. The Morgan fingerprint density at radius 2 is 2.31 bits per heavy atom. The molecule has 6 nitrogen and oxygen atoms in total. The lowest BCUT2D eigenvalue weighted by atomic mass is 10.5. The van der Waals surface area contributed by atoms with Gasteiger partial charge in [0, 0.05) is 12.6 Å². The SMILES string of the molecule is CCN(CC(=O)OC)c1nc(N)cc(Br)n1. The van der Waals surface area contributed by atoms with Crippen molar-refractivity contribution in [3.8, 4) is 0 Å². The number of esters is 1. The molecule has 0 radical (unpaired) electrons. The highest BCUT2D eigenvalue weighted by molar-refractivity contribution is 9.10. The lowest BCUT2D eigenvalue weighted by Gasteiger charge is -2.19. The fourth-order valence-corrected chi connectivity index (χ4v) is 1.50. The van der Waals surface area contributed by atoms with Crippen LogP contribution in [0.5, 0.6) is 0 Å². The molecule has 0 aliphatic carbocycles. The normalized spacial score (nSPS) is 9.94. The average Bonchev–Trinajstić information content (AvgIpc) is 2.24. The number of hydrogen-bond acceptors (Lipinski definition) is 6. The number of methoxy groups -OCH3 is 1. The minimum Gasteiger partial charge on any atom is -0.468 e. The Labute approximate surface area is 102 Å². The molecule has 0 aliphatic rings. The van der Waals surface area contributed by atoms with E-state index >= 15 is 0 Å². The van der Waals surface area contributed by atoms with Crippen LogP contribution in [0.1, 0.15) is 6.92 Å². The van der Waals surface area contributed by atoms with Crippen molar-refractivity contribution in [2.45, 2.75) is 6.92 Å². The Kier molecular flexibility index (Phi) is 4.48. The zero-order valence-corrected chi connectivity index (χ0v) is 10.7. The number of carbonyl (C=O) groups is 1. The maximum absolute atomic E-state index is 11.2. The number of rotatable bonds is 4. The van der Waals surface area contributed by atoms with E-state index in [2.05, 4.69) is 30.6 Å². The molecule has 0 amide bonds. The number of hydrogen-bond donors (Lipinski definition) is 1. The Hall–Kier alpha value is -1.37. The molecule has 0 unspecified atom stereocenters. The van der Waals surface area contributed by atoms with Gasteiger partial charge in [0.05, 0.1) is 7.11 Å². The van der Waals surface area contributed by atoms with E-state index in [1.165, 1.54) is 7.11 Å². The van der Waals surface area contributed by atoms with Crippen LogP contribution in [-0.4, -0.2) is 36.1 Å². The Bertz CT molecular complexity index is 366. The molecule has 0 fully saturated rings. The van der Waals surface area contributed by atoms with E-state index in [0.717, 1.165) is 0 Å². The molecule has 2 N–H and O–H groups in total. The highest BCUT2D eigenvalue weighted by Crippen LogP contribution is 2.15. The fraction of sp³-hybridized carbons (Fsp3) is 0.444. The minimum atomic E-state index is -0.344. The summed E-state index contributed by atoms with van der Waals surface area (Å²) in [6, 6.07) is 1.59. The lowest BCUT2D eigenvalue weighted by molar-refractivity contribution is -0.138. The van der Waals surface area contributed by atoms with Crippen molar-refractivity contribution < 1.29 is 9.53 Å². The molecule has 1 heterocycles. The molecule has 88 valence electrons. The summed E-state index contributed by atoms with van der Waals surface area (Å²) in [5.41, 5.74) is 5.59. The topological polar surface area (TPSA) is 81.3 Å². The quantitative estimate of drug-likeness (QED) is 0.653. The minimum absolute atomic E-state index is 0.100. The van der Waals surface area contributed by atoms with Gasteiger partial charge in [-0.2, -0.15) is 4.98 Å². The second kappa shape index (κ2) is 5.64. The molecule has 1 aromatic heterocycles.